The van der Waals surface area contributed by atoms with Gasteiger partial charge < -0.3 is 9.72 Å². The number of nitrogens with one attached hydrogen (secondary N) is 1. The van der Waals surface area contributed by atoms with Crippen molar-refractivity contribution < 1.29 is 0 Å². The first kappa shape index (κ1) is 13.4. The molecule has 21 heavy (non-hydrogen) atoms. The van der Waals surface area contributed by atoms with Crippen molar-refractivity contribution in [1.29, 1.82) is 0 Å². The number of nitrogens with zero attached hydrogens (tertiary/aromatic N) is 4. The Kier molecular flexibility index (Phi) is 3.43. The van der Waals surface area contributed by atoms with Crippen LogP contribution in [0.4, 0.5) is 5.69 Å². The number of imidazole rings is 1. The van der Waals surface area contributed by atoms with E-state index < -0.39 is 0 Å². The van der Waals surface area contributed by atoms with Gasteiger partial charge in [-0.1, -0.05) is 6.07 Å². The lowest BCUT2D eigenvalue weighted by Gasteiger charge is -2.09. The first-order valence-electron chi connectivity index (χ1n) is 6.88. The number of hydrogen-bond donors (Lipinski definition) is 1. The molecule has 0 unspecified atom stereocenters. The summed E-state index contributed by atoms with van der Waals surface area (Å²) in [6, 6.07) is 7.62. The van der Waals surface area contributed by atoms with E-state index in [2.05, 4.69) is 15.4 Å². The summed E-state index contributed by atoms with van der Waals surface area (Å²) in [6.07, 6.45) is 5.50. The van der Waals surface area contributed by atoms with Crippen LogP contribution in [0, 0.1) is 0 Å². The minimum absolute atomic E-state index is 0.141. The van der Waals surface area contributed by atoms with Crippen LogP contribution in [0.15, 0.2) is 47.7 Å². The molecule has 0 spiro atoms. The second-order valence-corrected chi connectivity index (χ2v) is 5.24. The molecular formula is C15H17N5O. The van der Waals surface area contributed by atoms with Crippen molar-refractivity contribution in [3.05, 3.63) is 58.9 Å². The van der Waals surface area contributed by atoms with Gasteiger partial charge in [0.25, 0.3) is 5.56 Å². The fourth-order valence-corrected chi connectivity index (χ4v) is 2.18. The Bertz CT molecular complexity index is 785. The van der Waals surface area contributed by atoms with Gasteiger partial charge in [-0.25, -0.2) is 9.67 Å². The molecule has 108 valence electrons. The normalized spacial score (nSPS) is 11.2. The summed E-state index contributed by atoms with van der Waals surface area (Å²) in [6.45, 7) is 4.40. The Balaban J connectivity index is 1.85. The largest absolute Gasteiger partial charge is 0.381 e. The molecule has 0 aliphatic carbocycles. The predicted molar refractivity (Wildman–Crippen MR) is 81.5 cm³/mol. The van der Waals surface area contributed by atoms with E-state index in [9.17, 15) is 4.79 Å². The summed E-state index contributed by atoms with van der Waals surface area (Å²) >= 11 is 0. The molecule has 0 aliphatic rings. The van der Waals surface area contributed by atoms with Crippen LogP contribution in [-0.2, 0) is 6.54 Å². The van der Waals surface area contributed by atoms with Gasteiger partial charge in [-0.05, 0) is 26.0 Å². The summed E-state index contributed by atoms with van der Waals surface area (Å²) in [5.74, 6) is 0. The number of pyridine rings is 1. The SMILES string of the molecule is CC(C)Nc1cnn(Cc2cn3ccccc3n2)c(=O)c1. The van der Waals surface area contributed by atoms with E-state index in [-0.39, 0.29) is 11.6 Å². The zero-order chi connectivity index (χ0) is 14.8. The maximum absolute atomic E-state index is 12.1. The standard InChI is InChI=1S/C15H17N5O/c1-11(2)17-12-7-15(21)20(16-8-12)10-13-9-19-6-4-3-5-14(19)18-13/h3-9,11,17H,10H2,1-2H3. The van der Waals surface area contributed by atoms with Crippen LogP contribution in [0.5, 0.6) is 0 Å². The van der Waals surface area contributed by atoms with E-state index in [1.807, 2.05) is 48.8 Å². The van der Waals surface area contributed by atoms with Crippen LogP contribution in [-0.4, -0.2) is 25.2 Å². The number of fused-ring (bicyclic) bond motifs is 1. The highest BCUT2D eigenvalue weighted by atomic mass is 16.1. The summed E-state index contributed by atoms with van der Waals surface area (Å²) in [5.41, 5.74) is 2.26. The Hall–Kier alpha value is -2.63. The number of aromatic nitrogens is 4. The van der Waals surface area contributed by atoms with Crippen molar-refractivity contribution in [3.8, 4) is 0 Å². The van der Waals surface area contributed by atoms with Gasteiger partial charge >= 0.3 is 0 Å². The predicted octanol–water partition coefficient (Wildman–Crippen LogP) is 1.76. The highest BCUT2D eigenvalue weighted by Gasteiger charge is 2.05. The van der Waals surface area contributed by atoms with E-state index in [1.54, 1.807) is 12.3 Å². The molecule has 0 aromatic carbocycles. The molecule has 0 saturated carbocycles. The van der Waals surface area contributed by atoms with Crippen LogP contribution < -0.4 is 10.9 Å². The number of anilines is 1. The molecule has 3 rings (SSSR count). The minimum atomic E-state index is -0.141. The maximum atomic E-state index is 12.1. The van der Waals surface area contributed by atoms with E-state index in [4.69, 9.17) is 0 Å². The molecule has 6 nitrogen and oxygen atoms in total. The number of rotatable bonds is 4. The lowest BCUT2D eigenvalue weighted by atomic mass is 10.3. The molecule has 0 radical (unpaired) electrons. The summed E-state index contributed by atoms with van der Waals surface area (Å²) in [4.78, 5) is 16.5. The Morgan fingerprint density at radius 1 is 1.33 bits per heavy atom. The molecule has 0 fully saturated rings. The third kappa shape index (κ3) is 2.94. The van der Waals surface area contributed by atoms with Crippen molar-refractivity contribution in [2.24, 2.45) is 0 Å². The molecule has 0 atom stereocenters. The third-order valence-electron chi connectivity index (χ3n) is 3.05. The fourth-order valence-electron chi connectivity index (χ4n) is 2.18. The van der Waals surface area contributed by atoms with Gasteiger partial charge in [-0.3, -0.25) is 4.79 Å². The lowest BCUT2D eigenvalue weighted by molar-refractivity contribution is 0.630. The first-order valence-corrected chi connectivity index (χ1v) is 6.88. The molecule has 0 bridgehead atoms. The fraction of sp³-hybridized carbons (Fsp3) is 0.267. The van der Waals surface area contributed by atoms with Crippen molar-refractivity contribution in [3.63, 3.8) is 0 Å². The zero-order valence-electron chi connectivity index (χ0n) is 12.0. The van der Waals surface area contributed by atoms with Gasteiger partial charge in [0.15, 0.2) is 0 Å². The summed E-state index contributed by atoms with van der Waals surface area (Å²) < 4.78 is 3.34. The van der Waals surface area contributed by atoms with E-state index in [1.165, 1.54) is 4.68 Å². The van der Waals surface area contributed by atoms with Crippen LogP contribution in [0.3, 0.4) is 0 Å². The highest BCUT2D eigenvalue weighted by molar-refractivity contribution is 5.40. The Labute approximate surface area is 122 Å². The highest BCUT2D eigenvalue weighted by Crippen LogP contribution is 2.06. The average Bonchev–Trinajstić information content (AvgIpc) is 2.83. The van der Waals surface area contributed by atoms with Crippen LogP contribution >= 0.6 is 0 Å². The van der Waals surface area contributed by atoms with Gasteiger partial charge in [-0.2, -0.15) is 5.10 Å². The number of hydrogen-bond acceptors (Lipinski definition) is 4. The molecule has 3 heterocycles. The lowest BCUT2D eigenvalue weighted by Crippen LogP contribution is -2.24. The quantitative estimate of drug-likeness (QED) is 0.792. The smallest absolute Gasteiger partial charge is 0.269 e. The first-order chi connectivity index (χ1) is 10.1. The molecule has 0 saturated heterocycles. The van der Waals surface area contributed by atoms with Gasteiger partial charge in [0.05, 0.1) is 24.1 Å². The van der Waals surface area contributed by atoms with Gasteiger partial charge in [0.1, 0.15) is 5.65 Å². The third-order valence-corrected chi connectivity index (χ3v) is 3.05. The van der Waals surface area contributed by atoms with Crippen LogP contribution in [0.2, 0.25) is 0 Å². The van der Waals surface area contributed by atoms with E-state index >= 15 is 0 Å². The van der Waals surface area contributed by atoms with Crippen molar-refractivity contribution >= 4 is 11.3 Å². The topological polar surface area (TPSA) is 64.2 Å². The van der Waals surface area contributed by atoms with Gasteiger partial charge in [0.2, 0.25) is 0 Å². The minimum Gasteiger partial charge on any atom is -0.381 e. The van der Waals surface area contributed by atoms with Crippen molar-refractivity contribution in [1.82, 2.24) is 19.2 Å². The molecule has 3 aromatic rings. The molecule has 0 amide bonds. The van der Waals surface area contributed by atoms with Crippen molar-refractivity contribution in [2.45, 2.75) is 26.4 Å². The van der Waals surface area contributed by atoms with E-state index in [0.717, 1.165) is 17.0 Å². The average molecular weight is 283 g/mol. The van der Waals surface area contributed by atoms with Crippen molar-refractivity contribution in [2.75, 3.05) is 5.32 Å². The molecule has 0 aliphatic heterocycles. The summed E-state index contributed by atoms with van der Waals surface area (Å²) in [5, 5.41) is 7.35. The summed E-state index contributed by atoms with van der Waals surface area (Å²) in [7, 11) is 0. The Morgan fingerprint density at radius 3 is 2.90 bits per heavy atom. The van der Waals surface area contributed by atoms with Gasteiger partial charge in [-0.15, -0.1) is 0 Å². The second kappa shape index (κ2) is 5.40. The van der Waals surface area contributed by atoms with Crippen LogP contribution in [0.25, 0.3) is 5.65 Å². The van der Waals surface area contributed by atoms with E-state index in [0.29, 0.717) is 6.54 Å². The second-order valence-electron chi connectivity index (χ2n) is 5.24. The maximum Gasteiger partial charge on any atom is 0.269 e. The molecular weight excluding hydrogens is 266 g/mol. The van der Waals surface area contributed by atoms with Gasteiger partial charge in [0, 0.05) is 24.5 Å². The Morgan fingerprint density at radius 2 is 2.19 bits per heavy atom. The van der Waals surface area contributed by atoms with Crippen LogP contribution in [0.1, 0.15) is 19.5 Å². The molecule has 6 heteroatoms. The zero-order valence-corrected chi connectivity index (χ0v) is 12.0. The monoisotopic (exact) mass is 283 g/mol. The molecule has 3 aromatic heterocycles. The molecule has 1 N–H and O–H groups in total.